The number of likely N-dealkylation sites (tertiary alicyclic amines) is 1. The second-order valence-electron chi connectivity index (χ2n) is 6.56. The second kappa shape index (κ2) is 10.4. The molecule has 0 spiro atoms. The summed E-state index contributed by atoms with van der Waals surface area (Å²) in [5, 5.41) is 8.12. The average molecular weight is 408 g/mol. The predicted molar refractivity (Wildman–Crippen MR) is 113 cm³/mol. The third-order valence-corrected chi connectivity index (χ3v) is 5.57. The summed E-state index contributed by atoms with van der Waals surface area (Å²) >= 11 is 1.40. The molecule has 146 valence electrons. The Morgan fingerprint density at radius 2 is 1.96 bits per heavy atom. The number of piperidine rings is 1. The van der Waals surface area contributed by atoms with E-state index in [1.807, 2.05) is 34.5 Å². The molecule has 3 rings (SSSR count). The van der Waals surface area contributed by atoms with Gasteiger partial charge in [-0.25, -0.2) is 0 Å². The van der Waals surface area contributed by atoms with Crippen LogP contribution in [0.4, 0.5) is 5.69 Å². The summed E-state index contributed by atoms with van der Waals surface area (Å²) in [5.41, 5.74) is 1.27. The molecule has 0 unspecified atom stereocenters. The molecular weight excluding hydrogens is 382 g/mol. The highest BCUT2D eigenvalue weighted by atomic mass is 35.5. The van der Waals surface area contributed by atoms with Crippen LogP contribution in [-0.2, 0) is 0 Å². The fraction of sp³-hybridized carbons (Fsp3) is 0.400. The van der Waals surface area contributed by atoms with E-state index in [2.05, 4.69) is 17.6 Å². The van der Waals surface area contributed by atoms with Gasteiger partial charge in [0, 0.05) is 24.3 Å². The number of benzene rings is 1. The zero-order valence-corrected chi connectivity index (χ0v) is 17.1. The molecular formula is C20H26ClN3O2S. The number of nitrogens with one attached hydrogen (secondary N) is 2. The van der Waals surface area contributed by atoms with E-state index in [4.69, 9.17) is 0 Å². The van der Waals surface area contributed by atoms with Gasteiger partial charge < -0.3 is 15.5 Å². The van der Waals surface area contributed by atoms with Crippen molar-refractivity contribution in [1.29, 1.82) is 0 Å². The van der Waals surface area contributed by atoms with Crippen molar-refractivity contribution in [3.05, 3.63) is 52.2 Å². The van der Waals surface area contributed by atoms with Crippen molar-refractivity contribution in [2.75, 3.05) is 31.5 Å². The maximum absolute atomic E-state index is 12.8. The summed E-state index contributed by atoms with van der Waals surface area (Å²) in [5.74, 6) is 0.545. The zero-order chi connectivity index (χ0) is 18.4. The van der Waals surface area contributed by atoms with Crippen LogP contribution in [0, 0.1) is 5.92 Å². The van der Waals surface area contributed by atoms with Gasteiger partial charge in [-0.05, 0) is 61.5 Å². The summed E-state index contributed by atoms with van der Waals surface area (Å²) in [6.45, 7) is 5.72. The molecule has 0 radical (unpaired) electrons. The van der Waals surface area contributed by atoms with Gasteiger partial charge in [0.2, 0.25) is 0 Å². The minimum absolute atomic E-state index is 0. The van der Waals surface area contributed by atoms with Crippen LogP contribution in [0.25, 0.3) is 0 Å². The van der Waals surface area contributed by atoms with Gasteiger partial charge in [0.15, 0.2) is 0 Å². The first kappa shape index (κ1) is 21.4. The smallest absolute Gasteiger partial charge is 0.265 e. The van der Waals surface area contributed by atoms with E-state index in [-0.39, 0.29) is 24.2 Å². The molecule has 1 aromatic heterocycles. The Morgan fingerprint density at radius 3 is 2.63 bits per heavy atom. The molecule has 0 aliphatic carbocycles. The lowest BCUT2D eigenvalue weighted by Crippen LogP contribution is -2.40. The number of thiophene rings is 1. The van der Waals surface area contributed by atoms with Crippen molar-refractivity contribution in [1.82, 2.24) is 10.2 Å². The molecule has 5 nitrogen and oxygen atoms in total. The Hall–Kier alpha value is -1.89. The van der Waals surface area contributed by atoms with Gasteiger partial charge >= 0.3 is 0 Å². The lowest BCUT2D eigenvalue weighted by atomic mass is 9.96. The monoisotopic (exact) mass is 407 g/mol. The maximum Gasteiger partial charge on any atom is 0.265 e. The first-order chi connectivity index (χ1) is 12.7. The number of carbonyl (C=O) groups excluding carboxylic acids is 2. The molecule has 1 fully saturated rings. The molecule has 1 aromatic carbocycles. The molecule has 0 bridgehead atoms. The van der Waals surface area contributed by atoms with Gasteiger partial charge in [-0.1, -0.05) is 19.1 Å². The van der Waals surface area contributed by atoms with Gasteiger partial charge in [-0.15, -0.1) is 23.7 Å². The van der Waals surface area contributed by atoms with Gasteiger partial charge in [0.05, 0.1) is 4.88 Å². The standard InChI is InChI=1S/C20H25N3O2S.ClH/c1-2-21-14-15-8-10-23(11-9-15)20(25)16-5-3-6-17(13-16)22-19(24)18-7-4-12-26-18;/h3-7,12-13,15,21H,2,8-11,14H2,1H3,(H,22,24);1H. The van der Waals surface area contributed by atoms with Crippen LogP contribution in [-0.4, -0.2) is 42.9 Å². The molecule has 2 aromatic rings. The van der Waals surface area contributed by atoms with Crippen LogP contribution in [0.5, 0.6) is 0 Å². The fourth-order valence-electron chi connectivity index (χ4n) is 3.20. The van der Waals surface area contributed by atoms with Crippen molar-refractivity contribution in [2.24, 2.45) is 5.92 Å². The van der Waals surface area contributed by atoms with Gasteiger partial charge in [0.1, 0.15) is 0 Å². The van der Waals surface area contributed by atoms with Crippen molar-refractivity contribution >= 4 is 41.2 Å². The van der Waals surface area contributed by atoms with Crippen LogP contribution >= 0.6 is 23.7 Å². The third kappa shape index (κ3) is 5.79. The number of hydrogen-bond donors (Lipinski definition) is 2. The van der Waals surface area contributed by atoms with Crippen molar-refractivity contribution in [3.63, 3.8) is 0 Å². The minimum Gasteiger partial charge on any atom is -0.339 e. The Morgan fingerprint density at radius 1 is 1.19 bits per heavy atom. The molecule has 7 heteroatoms. The Kier molecular flexibility index (Phi) is 8.28. The molecule has 27 heavy (non-hydrogen) atoms. The Labute approximate surface area is 170 Å². The number of nitrogens with zero attached hydrogens (tertiary/aromatic N) is 1. The highest BCUT2D eigenvalue weighted by Gasteiger charge is 2.23. The summed E-state index contributed by atoms with van der Waals surface area (Å²) in [6.07, 6.45) is 2.07. The Balaban J connectivity index is 0.00000261. The van der Waals surface area contributed by atoms with E-state index < -0.39 is 0 Å². The van der Waals surface area contributed by atoms with Crippen LogP contribution in [0.3, 0.4) is 0 Å². The molecule has 1 aliphatic heterocycles. The number of halogens is 1. The van der Waals surface area contributed by atoms with E-state index >= 15 is 0 Å². The number of rotatable bonds is 6. The van der Waals surface area contributed by atoms with Gasteiger partial charge in [-0.3, -0.25) is 9.59 Å². The molecule has 1 saturated heterocycles. The summed E-state index contributed by atoms with van der Waals surface area (Å²) < 4.78 is 0. The number of carbonyl (C=O) groups is 2. The molecule has 0 atom stereocenters. The lowest BCUT2D eigenvalue weighted by molar-refractivity contribution is 0.0690. The van der Waals surface area contributed by atoms with E-state index in [9.17, 15) is 9.59 Å². The minimum atomic E-state index is -0.145. The summed E-state index contributed by atoms with van der Waals surface area (Å²) in [6, 6.07) is 10.8. The SMILES string of the molecule is CCNCC1CCN(C(=O)c2cccc(NC(=O)c3cccs3)c2)CC1.Cl. The van der Waals surface area contributed by atoms with Crippen molar-refractivity contribution in [2.45, 2.75) is 19.8 Å². The van der Waals surface area contributed by atoms with Crippen molar-refractivity contribution in [3.8, 4) is 0 Å². The highest BCUT2D eigenvalue weighted by molar-refractivity contribution is 7.12. The largest absolute Gasteiger partial charge is 0.339 e. The molecule has 2 amide bonds. The number of amides is 2. The average Bonchev–Trinajstić information content (AvgIpc) is 3.21. The third-order valence-electron chi connectivity index (χ3n) is 4.70. The normalized spacial score (nSPS) is 14.5. The van der Waals surface area contributed by atoms with Gasteiger partial charge in [-0.2, -0.15) is 0 Å². The zero-order valence-electron chi connectivity index (χ0n) is 15.4. The number of anilines is 1. The van der Waals surface area contributed by atoms with E-state index in [1.54, 1.807) is 12.1 Å². The van der Waals surface area contributed by atoms with Crippen LogP contribution < -0.4 is 10.6 Å². The topological polar surface area (TPSA) is 61.4 Å². The van der Waals surface area contributed by atoms with Crippen LogP contribution in [0.15, 0.2) is 41.8 Å². The van der Waals surface area contributed by atoms with Crippen LogP contribution in [0.1, 0.15) is 39.8 Å². The first-order valence-electron chi connectivity index (χ1n) is 9.12. The fourth-order valence-corrected chi connectivity index (χ4v) is 3.82. The summed E-state index contributed by atoms with van der Waals surface area (Å²) in [7, 11) is 0. The Bertz CT molecular complexity index is 743. The van der Waals surface area contributed by atoms with Gasteiger partial charge in [0.25, 0.3) is 11.8 Å². The second-order valence-corrected chi connectivity index (χ2v) is 7.50. The van der Waals surface area contributed by atoms with E-state index in [1.165, 1.54) is 11.3 Å². The molecule has 2 heterocycles. The molecule has 1 aliphatic rings. The maximum atomic E-state index is 12.8. The quantitative estimate of drug-likeness (QED) is 0.763. The lowest BCUT2D eigenvalue weighted by Gasteiger charge is -2.32. The molecule has 0 saturated carbocycles. The van der Waals surface area contributed by atoms with E-state index in [0.717, 1.165) is 39.0 Å². The molecule has 2 N–H and O–H groups in total. The first-order valence-corrected chi connectivity index (χ1v) is 10.00. The van der Waals surface area contributed by atoms with Crippen LogP contribution in [0.2, 0.25) is 0 Å². The van der Waals surface area contributed by atoms with Crippen molar-refractivity contribution < 1.29 is 9.59 Å². The highest BCUT2D eigenvalue weighted by Crippen LogP contribution is 2.20. The van der Waals surface area contributed by atoms with E-state index in [0.29, 0.717) is 22.0 Å². The number of hydrogen-bond acceptors (Lipinski definition) is 4. The predicted octanol–water partition coefficient (Wildman–Crippen LogP) is 3.88. The summed E-state index contributed by atoms with van der Waals surface area (Å²) in [4.78, 5) is 27.5.